The van der Waals surface area contributed by atoms with Gasteiger partial charge >= 0.3 is 5.97 Å². The van der Waals surface area contributed by atoms with E-state index in [2.05, 4.69) is 27.6 Å². The van der Waals surface area contributed by atoms with E-state index in [1.54, 1.807) is 6.07 Å². The number of carbonyl (C=O) groups is 1. The molecular formula is C11H13BrO2. The average Bonchev–Trinajstić information content (AvgIpc) is 2.20. The van der Waals surface area contributed by atoms with Crippen LogP contribution in [0.1, 0.15) is 29.3 Å². The lowest BCUT2D eigenvalue weighted by atomic mass is 10.1. The molecule has 0 heterocycles. The van der Waals surface area contributed by atoms with Crippen LogP contribution in [-0.4, -0.2) is 13.1 Å². The molecule has 0 radical (unpaired) electrons. The molecule has 0 atom stereocenters. The van der Waals surface area contributed by atoms with Gasteiger partial charge in [-0.2, -0.15) is 0 Å². The lowest BCUT2D eigenvalue weighted by Crippen LogP contribution is -2.03. The van der Waals surface area contributed by atoms with Gasteiger partial charge in [-0.05, 0) is 34.0 Å². The average molecular weight is 257 g/mol. The van der Waals surface area contributed by atoms with Crippen molar-refractivity contribution in [3.8, 4) is 0 Å². The Labute approximate surface area is 92.4 Å². The van der Waals surface area contributed by atoms with Crippen molar-refractivity contribution in [1.29, 1.82) is 0 Å². The summed E-state index contributed by atoms with van der Waals surface area (Å²) in [6.45, 7) is 2.11. The smallest absolute Gasteiger partial charge is 0.339 e. The number of halogens is 1. The van der Waals surface area contributed by atoms with E-state index in [4.69, 9.17) is 0 Å². The van der Waals surface area contributed by atoms with E-state index in [0.29, 0.717) is 5.56 Å². The lowest BCUT2D eigenvalue weighted by molar-refractivity contribution is 0.0599. The Hall–Kier alpha value is -0.830. The number of aryl methyl sites for hydroxylation is 1. The van der Waals surface area contributed by atoms with Crippen molar-refractivity contribution in [1.82, 2.24) is 0 Å². The zero-order valence-electron chi connectivity index (χ0n) is 8.34. The van der Waals surface area contributed by atoms with Crippen LogP contribution in [0.15, 0.2) is 22.7 Å². The summed E-state index contributed by atoms with van der Waals surface area (Å²) in [5, 5.41) is 0. The third-order valence-electron chi connectivity index (χ3n) is 2.00. The molecule has 0 saturated carbocycles. The highest BCUT2D eigenvalue weighted by Gasteiger charge is 2.12. The van der Waals surface area contributed by atoms with E-state index in [1.165, 1.54) is 7.11 Å². The normalized spacial score (nSPS) is 9.93. The summed E-state index contributed by atoms with van der Waals surface area (Å²) < 4.78 is 5.54. The molecule has 0 bridgehead atoms. The Morgan fingerprint density at radius 2 is 2.21 bits per heavy atom. The predicted octanol–water partition coefficient (Wildman–Crippen LogP) is 3.19. The van der Waals surface area contributed by atoms with E-state index in [0.717, 1.165) is 22.9 Å². The molecule has 76 valence electrons. The van der Waals surface area contributed by atoms with Crippen LogP contribution in [0.4, 0.5) is 0 Å². The summed E-state index contributed by atoms with van der Waals surface area (Å²) in [6, 6.07) is 5.65. The van der Waals surface area contributed by atoms with Crippen LogP contribution < -0.4 is 0 Å². The minimum Gasteiger partial charge on any atom is -0.465 e. The van der Waals surface area contributed by atoms with Crippen LogP contribution in [-0.2, 0) is 11.2 Å². The van der Waals surface area contributed by atoms with Crippen molar-refractivity contribution in [2.45, 2.75) is 19.8 Å². The molecule has 0 aliphatic rings. The first-order valence-electron chi connectivity index (χ1n) is 4.56. The SMILES string of the molecule is CCCc1cccc(C(=O)OC)c1Br. The highest BCUT2D eigenvalue weighted by molar-refractivity contribution is 9.10. The molecule has 0 aliphatic heterocycles. The Bertz CT molecular complexity index is 334. The van der Waals surface area contributed by atoms with Crippen LogP contribution >= 0.6 is 15.9 Å². The van der Waals surface area contributed by atoms with Crippen molar-refractivity contribution in [3.63, 3.8) is 0 Å². The summed E-state index contributed by atoms with van der Waals surface area (Å²) in [5.74, 6) is -0.296. The first-order chi connectivity index (χ1) is 6.70. The van der Waals surface area contributed by atoms with Crippen LogP contribution in [0.5, 0.6) is 0 Å². The van der Waals surface area contributed by atoms with Crippen molar-refractivity contribution in [2.75, 3.05) is 7.11 Å². The largest absolute Gasteiger partial charge is 0.465 e. The number of methoxy groups -OCH3 is 1. The van der Waals surface area contributed by atoms with Gasteiger partial charge in [-0.25, -0.2) is 4.79 Å². The van der Waals surface area contributed by atoms with Gasteiger partial charge in [0.25, 0.3) is 0 Å². The molecule has 0 aliphatic carbocycles. The first kappa shape index (κ1) is 11.2. The van der Waals surface area contributed by atoms with E-state index >= 15 is 0 Å². The highest BCUT2D eigenvalue weighted by atomic mass is 79.9. The molecule has 0 spiro atoms. The molecule has 14 heavy (non-hydrogen) atoms. The minimum absolute atomic E-state index is 0.296. The number of carbonyl (C=O) groups excluding carboxylic acids is 1. The van der Waals surface area contributed by atoms with Gasteiger partial charge in [-0.3, -0.25) is 0 Å². The third-order valence-corrected chi connectivity index (χ3v) is 2.94. The van der Waals surface area contributed by atoms with Gasteiger partial charge < -0.3 is 4.74 Å². The maximum Gasteiger partial charge on any atom is 0.339 e. The van der Waals surface area contributed by atoms with Gasteiger partial charge in [0.2, 0.25) is 0 Å². The lowest BCUT2D eigenvalue weighted by Gasteiger charge is -2.07. The van der Waals surface area contributed by atoms with Gasteiger partial charge in [0.15, 0.2) is 0 Å². The summed E-state index contributed by atoms with van der Waals surface area (Å²) in [4.78, 5) is 11.3. The molecule has 0 unspecified atom stereocenters. The summed E-state index contributed by atoms with van der Waals surface area (Å²) in [7, 11) is 1.39. The summed E-state index contributed by atoms with van der Waals surface area (Å²) in [5.41, 5.74) is 1.74. The molecule has 0 saturated heterocycles. The molecule has 1 aromatic rings. The van der Waals surface area contributed by atoms with Crippen LogP contribution in [0.25, 0.3) is 0 Å². The van der Waals surface area contributed by atoms with Gasteiger partial charge in [0.05, 0.1) is 12.7 Å². The zero-order valence-corrected chi connectivity index (χ0v) is 9.93. The fourth-order valence-corrected chi connectivity index (χ4v) is 1.93. The van der Waals surface area contributed by atoms with Crippen molar-refractivity contribution in [2.24, 2.45) is 0 Å². The summed E-state index contributed by atoms with van der Waals surface area (Å²) in [6.07, 6.45) is 2.02. The highest BCUT2D eigenvalue weighted by Crippen LogP contribution is 2.23. The van der Waals surface area contributed by atoms with Crippen molar-refractivity contribution < 1.29 is 9.53 Å². The standard InChI is InChI=1S/C11H13BrO2/c1-3-5-8-6-4-7-9(10(8)12)11(13)14-2/h4,6-7H,3,5H2,1-2H3. The minimum atomic E-state index is -0.296. The maximum absolute atomic E-state index is 11.3. The second-order valence-corrected chi connectivity index (χ2v) is 3.81. The van der Waals surface area contributed by atoms with Gasteiger partial charge in [0, 0.05) is 4.47 Å². The van der Waals surface area contributed by atoms with Gasteiger partial charge in [-0.1, -0.05) is 25.5 Å². The number of rotatable bonds is 3. The fourth-order valence-electron chi connectivity index (χ4n) is 1.31. The fraction of sp³-hybridized carbons (Fsp3) is 0.364. The van der Waals surface area contributed by atoms with Crippen LogP contribution in [0, 0.1) is 0 Å². The number of hydrogen-bond donors (Lipinski definition) is 0. The molecule has 2 nitrogen and oxygen atoms in total. The molecular weight excluding hydrogens is 244 g/mol. The quantitative estimate of drug-likeness (QED) is 0.777. The number of esters is 1. The molecule has 1 rings (SSSR count). The Balaban J connectivity index is 3.07. The van der Waals surface area contributed by atoms with E-state index in [1.807, 2.05) is 12.1 Å². The predicted molar refractivity (Wildman–Crippen MR) is 59.5 cm³/mol. The van der Waals surface area contributed by atoms with Gasteiger partial charge in [0.1, 0.15) is 0 Å². The molecule has 0 fully saturated rings. The van der Waals surface area contributed by atoms with Gasteiger partial charge in [-0.15, -0.1) is 0 Å². The van der Waals surface area contributed by atoms with E-state index in [-0.39, 0.29) is 5.97 Å². The molecule has 1 aromatic carbocycles. The maximum atomic E-state index is 11.3. The molecule has 0 N–H and O–H groups in total. The molecule has 3 heteroatoms. The Morgan fingerprint density at radius 1 is 1.50 bits per heavy atom. The topological polar surface area (TPSA) is 26.3 Å². The summed E-state index contributed by atoms with van der Waals surface area (Å²) >= 11 is 3.42. The number of ether oxygens (including phenoxy) is 1. The van der Waals surface area contributed by atoms with Crippen molar-refractivity contribution in [3.05, 3.63) is 33.8 Å². The number of hydrogen-bond acceptors (Lipinski definition) is 2. The second-order valence-electron chi connectivity index (χ2n) is 3.02. The molecule has 0 amide bonds. The zero-order chi connectivity index (χ0) is 10.6. The van der Waals surface area contributed by atoms with Crippen molar-refractivity contribution >= 4 is 21.9 Å². The Kier molecular flexibility index (Phi) is 4.14. The van der Waals surface area contributed by atoms with E-state index < -0.39 is 0 Å². The first-order valence-corrected chi connectivity index (χ1v) is 5.35. The van der Waals surface area contributed by atoms with Crippen LogP contribution in [0.3, 0.4) is 0 Å². The monoisotopic (exact) mass is 256 g/mol. The number of benzene rings is 1. The Morgan fingerprint density at radius 3 is 2.79 bits per heavy atom. The second kappa shape index (κ2) is 5.15. The van der Waals surface area contributed by atoms with E-state index in [9.17, 15) is 4.79 Å². The molecule has 0 aromatic heterocycles. The third kappa shape index (κ3) is 2.35. The van der Waals surface area contributed by atoms with Crippen LogP contribution in [0.2, 0.25) is 0 Å².